The summed E-state index contributed by atoms with van der Waals surface area (Å²) in [6.45, 7) is 6.12. The first-order valence-corrected chi connectivity index (χ1v) is 12.5. The third-order valence-corrected chi connectivity index (χ3v) is 7.75. The van der Waals surface area contributed by atoms with Crippen LogP contribution in [0.25, 0.3) is 0 Å². The van der Waals surface area contributed by atoms with Gasteiger partial charge in [-0.2, -0.15) is 26.3 Å². The molecule has 9 heteroatoms. The van der Waals surface area contributed by atoms with Crippen LogP contribution >= 0.6 is 0 Å². The quantitative estimate of drug-likeness (QED) is 0.195. The van der Waals surface area contributed by atoms with Gasteiger partial charge in [0.05, 0.1) is 6.10 Å². The van der Waals surface area contributed by atoms with Crippen LogP contribution in [0.3, 0.4) is 0 Å². The molecule has 0 heterocycles. The maximum Gasteiger partial charge on any atom is 0.429 e. The fraction of sp³-hybridized carbons (Fsp3) is 0.586. The van der Waals surface area contributed by atoms with Crippen molar-refractivity contribution in [3.05, 3.63) is 59.3 Å². The molecule has 0 aromatic rings. The highest BCUT2D eigenvalue weighted by Crippen LogP contribution is 2.56. The lowest BCUT2D eigenvalue weighted by atomic mass is 9.63. The number of hydrogen-bond acceptors (Lipinski definition) is 3. The normalized spacial score (nSPS) is 28.3. The van der Waals surface area contributed by atoms with Gasteiger partial charge in [0.1, 0.15) is 0 Å². The molecule has 3 aliphatic carbocycles. The molecular weight excluding hydrogens is 510 g/mol. The lowest BCUT2D eigenvalue weighted by Crippen LogP contribution is -2.55. The fourth-order valence-corrected chi connectivity index (χ4v) is 5.57. The molecule has 3 rings (SSSR count). The molecule has 3 aliphatic rings. The number of fused-ring (bicyclic) bond motifs is 1. The predicted octanol–water partition coefficient (Wildman–Crippen LogP) is 7.13. The van der Waals surface area contributed by atoms with Gasteiger partial charge in [0.2, 0.25) is 0 Å². The van der Waals surface area contributed by atoms with Crippen molar-refractivity contribution in [3.8, 4) is 12.8 Å². The largest absolute Gasteiger partial charge is 0.429 e. The average molecular weight is 549 g/mol. The summed E-state index contributed by atoms with van der Waals surface area (Å²) in [5, 5.41) is 26.3. The first-order chi connectivity index (χ1) is 17.7. The van der Waals surface area contributed by atoms with E-state index in [1.165, 1.54) is 5.57 Å². The molecule has 2 saturated carbocycles. The highest BCUT2D eigenvalue weighted by molar-refractivity contribution is 5.39. The van der Waals surface area contributed by atoms with Crippen molar-refractivity contribution in [2.45, 2.75) is 88.8 Å². The third-order valence-electron chi connectivity index (χ3n) is 7.75. The molecule has 3 N–H and O–H groups in total. The molecule has 2 fully saturated rings. The predicted molar refractivity (Wildman–Crippen MR) is 137 cm³/mol. The molecule has 0 radical (unpaired) electrons. The van der Waals surface area contributed by atoms with Crippen LogP contribution in [0.1, 0.15) is 64.7 Å². The van der Waals surface area contributed by atoms with Crippen molar-refractivity contribution in [2.24, 2.45) is 11.3 Å². The van der Waals surface area contributed by atoms with Gasteiger partial charge in [-0.1, -0.05) is 49.0 Å². The van der Waals surface area contributed by atoms with E-state index < -0.39 is 24.1 Å². The van der Waals surface area contributed by atoms with Crippen molar-refractivity contribution < 1.29 is 41.7 Å². The van der Waals surface area contributed by atoms with Gasteiger partial charge in [-0.25, -0.2) is 0 Å². The van der Waals surface area contributed by atoms with Crippen molar-refractivity contribution in [1.82, 2.24) is 0 Å². The second kappa shape index (κ2) is 13.7. The maximum atomic E-state index is 12.8. The number of alkyl halides is 6. The second-order valence-corrected chi connectivity index (χ2v) is 9.86. The molecule has 3 atom stereocenters. The molecule has 38 heavy (non-hydrogen) atoms. The summed E-state index contributed by atoms with van der Waals surface area (Å²) in [6.07, 6.45) is 9.02. The van der Waals surface area contributed by atoms with Gasteiger partial charge in [-0.05, 0) is 86.3 Å². The van der Waals surface area contributed by atoms with Gasteiger partial charge in [0.25, 0.3) is 5.60 Å². The number of allylic oxidation sites excluding steroid dienone is 6. The number of terminal acetylenes is 1. The maximum absolute atomic E-state index is 12.8. The highest BCUT2D eigenvalue weighted by atomic mass is 19.4. The Morgan fingerprint density at radius 2 is 1.66 bits per heavy atom. The summed E-state index contributed by atoms with van der Waals surface area (Å²) in [6, 6.07) is 0. The summed E-state index contributed by atoms with van der Waals surface area (Å²) in [5.74, 6) is 0.237. The van der Waals surface area contributed by atoms with Gasteiger partial charge >= 0.3 is 12.4 Å². The van der Waals surface area contributed by atoms with E-state index in [0.29, 0.717) is 6.42 Å². The number of rotatable bonds is 5. The van der Waals surface area contributed by atoms with Crippen LogP contribution in [0.5, 0.6) is 0 Å². The van der Waals surface area contributed by atoms with Gasteiger partial charge in [0, 0.05) is 7.11 Å². The van der Waals surface area contributed by atoms with E-state index >= 15 is 0 Å². The Balaban J connectivity index is 0.00000172. The molecule has 0 saturated heterocycles. The summed E-state index contributed by atoms with van der Waals surface area (Å²) >= 11 is 0. The van der Waals surface area contributed by atoms with Crippen LogP contribution in [0.2, 0.25) is 0 Å². The van der Waals surface area contributed by atoms with E-state index in [1.54, 1.807) is 0 Å². The van der Waals surface area contributed by atoms with Crippen molar-refractivity contribution in [3.63, 3.8) is 0 Å². The van der Waals surface area contributed by atoms with Gasteiger partial charge in [-0.15, -0.1) is 12.8 Å². The van der Waals surface area contributed by atoms with Crippen LogP contribution in [0.15, 0.2) is 59.3 Å². The highest BCUT2D eigenvalue weighted by Gasteiger charge is 2.68. The monoisotopic (exact) mass is 548 g/mol. The van der Waals surface area contributed by atoms with E-state index in [2.05, 4.69) is 38.5 Å². The van der Waals surface area contributed by atoms with Crippen LogP contribution in [-0.2, 0) is 0 Å². The summed E-state index contributed by atoms with van der Waals surface area (Å²) in [7, 11) is 1.00. The van der Waals surface area contributed by atoms with E-state index in [4.69, 9.17) is 5.11 Å². The summed E-state index contributed by atoms with van der Waals surface area (Å²) < 4.78 is 77.1. The Hall–Kier alpha value is -2.28. The van der Waals surface area contributed by atoms with E-state index in [1.807, 2.05) is 6.08 Å². The van der Waals surface area contributed by atoms with Gasteiger partial charge < -0.3 is 15.3 Å². The molecule has 0 aromatic heterocycles. The number of hydrogen-bond donors (Lipinski definition) is 3. The number of aliphatic hydroxyl groups excluding tert-OH is 2. The van der Waals surface area contributed by atoms with Crippen molar-refractivity contribution in [2.75, 3.05) is 7.11 Å². The molecule has 0 bridgehead atoms. The SMILES string of the molecule is C#C.C=C1/C(=C\C=C2/CCC[C@]3(C)C(CC/C=C\C(O)(C(F)(F)F)C(F)(F)F)=CCC23)CCC[C@@H]1O.CO. The number of aliphatic hydroxyl groups is 3. The average Bonchev–Trinajstić information content (AvgIpc) is 3.20. The van der Waals surface area contributed by atoms with E-state index in [0.717, 1.165) is 74.9 Å². The topological polar surface area (TPSA) is 60.7 Å². The lowest BCUT2D eigenvalue weighted by molar-refractivity contribution is -0.347. The minimum absolute atomic E-state index is 0.0244. The molecule has 3 nitrogen and oxygen atoms in total. The minimum atomic E-state index is -5.84. The molecule has 0 aromatic carbocycles. The first kappa shape index (κ1) is 33.7. The van der Waals surface area contributed by atoms with Crippen LogP contribution in [0.4, 0.5) is 26.3 Å². The van der Waals surface area contributed by atoms with Crippen molar-refractivity contribution in [1.29, 1.82) is 0 Å². The molecular formula is C29H38F6O3. The Kier molecular flexibility index (Phi) is 12.1. The molecule has 214 valence electrons. The Bertz CT molecular complexity index is 938. The summed E-state index contributed by atoms with van der Waals surface area (Å²) in [4.78, 5) is 0. The van der Waals surface area contributed by atoms with Crippen molar-refractivity contribution >= 4 is 0 Å². The smallest absolute Gasteiger partial charge is 0.400 e. The van der Waals surface area contributed by atoms with Crippen LogP contribution in [0, 0.1) is 24.2 Å². The summed E-state index contributed by atoms with van der Waals surface area (Å²) in [5.41, 5.74) is -0.904. The standard InChI is InChI=1S/C26H32F6O2.C2H2.CH4O/c1-17-18(7-5-10-22(17)33)11-12-19-8-6-15-23(2)20(13-14-21(19)23)9-3-4-16-24(34,25(27,28)29)26(30,31)32;2*1-2/h4,11-13,16,21-22,33-34H,1,3,5-10,14-15H2,2H3;1-2H;2H,1H3/b16-4-,18-11-,19-12+;;/t21?,22-,23+;;/m0../s1. The molecule has 0 spiro atoms. The first-order valence-electron chi connectivity index (χ1n) is 12.5. The Labute approximate surface area is 221 Å². The van der Waals surface area contributed by atoms with E-state index in [9.17, 15) is 36.6 Å². The zero-order valence-corrected chi connectivity index (χ0v) is 21.9. The second-order valence-electron chi connectivity index (χ2n) is 9.86. The molecule has 0 aliphatic heterocycles. The van der Waals surface area contributed by atoms with Crippen LogP contribution < -0.4 is 0 Å². The van der Waals surface area contributed by atoms with Crippen LogP contribution in [-0.4, -0.2) is 46.5 Å². The zero-order chi connectivity index (χ0) is 29.4. The zero-order valence-electron chi connectivity index (χ0n) is 21.9. The Morgan fingerprint density at radius 1 is 1.05 bits per heavy atom. The van der Waals surface area contributed by atoms with E-state index in [-0.39, 0.29) is 23.8 Å². The third kappa shape index (κ3) is 7.22. The Morgan fingerprint density at radius 3 is 2.24 bits per heavy atom. The minimum Gasteiger partial charge on any atom is -0.400 e. The van der Waals surface area contributed by atoms with Gasteiger partial charge in [-0.3, -0.25) is 0 Å². The fourth-order valence-electron chi connectivity index (χ4n) is 5.57. The molecule has 1 unspecified atom stereocenters. The number of halogens is 6. The van der Waals surface area contributed by atoms with Gasteiger partial charge in [0.15, 0.2) is 0 Å². The molecule has 0 amide bonds. The lowest BCUT2D eigenvalue weighted by Gasteiger charge is -2.41.